The fraction of sp³-hybridized carbons (Fsp3) is 0.791. The normalized spacial score (nSPS) is 41.9. The predicted octanol–water partition coefficient (Wildman–Crippen LogP) is 7.02. The van der Waals surface area contributed by atoms with Gasteiger partial charge in [-0.15, -0.1) is 0 Å². The number of fused-ring (bicyclic) bond motifs is 3. The summed E-state index contributed by atoms with van der Waals surface area (Å²) in [5, 5.41) is 19.8. The van der Waals surface area contributed by atoms with Crippen molar-refractivity contribution < 1.29 is 24.1 Å². The van der Waals surface area contributed by atoms with E-state index in [2.05, 4.69) is 74.5 Å². The van der Waals surface area contributed by atoms with Crippen LogP contribution in [-0.4, -0.2) is 87.5 Å². The molecule has 2 bridgehead atoms. The summed E-state index contributed by atoms with van der Waals surface area (Å²) < 4.78 is 22.1. The first-order chi connectivity index (χ1) is 25.7. The zero-order valence-electron chi connectivity index (χ0n) is 33.9. The van der Waals surface area contributed by atoms with E-state index in [9.17, 15) is 9.90 Å². The van der Waals surface area contributed by atoms with Crippen LogP contribution in [0.2, 0.25) is 0 Å². The number of hydrogen-bond donors (Lipinski definition) is 2. The third kappa shape index (κ3) is 5.37. The van der Waals surface area contributed by atoms with E-state index in [1.807, 2.05) is 13.1 Å². The molecule has 2 aliphatic heterocycles. The molecule has 4 aliphatic carbocycles. The Morgan fingerprint density at radius 1 is 1.02 bits per heavy atom. The van der Waals surface area contributed by atoms with E-state index >= 15 is 0 Å². The number of allylic oxidation sites excluding steroid dienone is 1. The van der Waals surface area contributed by atoms with E-state index in [0.29, 0.717) is 37.6 Å². The molecule has 0 radical (unpaired) electrons. The van der Waals surface area contributed by atoms with E-state index in [-0.39, 0.29) is 50.7 Å². The largest absolute Gasteiger partial charge is 0.481 e. The summed E-state index contributed by atoms with van der Waals surface area (Å²) in [7, 11) is 2.05. The van der Waals surface area contributed by atoms with Crippen LogP contribution in [0, 0.1) is 56.7 Å². The maximum absolute atomic E-state index is 13.6. The first-order valence-corrected chi connectivity index (χ1v) is 20.7. The summed E-state index contributed by atoms with van der Waals surface area (Å²) in [6, 6.07) is 1.78. The molecule has 296 valence electrons. The van der Waals surface area contributed by atoms with E-state index in [4.69, 9.17) is 24.3 Å². The molecule has 5 fully saturated rings. The van der Waals surface area contributed by atoms with Crippen LogP contribution < -0.4 is 5.32 Å². The molecule has 11 heteroatoms. The molecule has 4 heterocycles. The average Bonchev–Trinajstić information content (AvgIpc) is 3.65. The Bertz CT molecular complexity index is 1740. The van der Waals surface area contributed by atoms with Crippen LogP contribution in [0.15, 0.2) is 36.6 Å². The zero-order chi connectivity index (χ0) is 38.3. The molecule has 0 spiro atoms. The Morgan fingerprint density at radius 3 is 2.48 bits per heavy atom. The number of nitrogens with zero attached hydrogens (tertiary/aromatic N) is 5. The number of hydrogen-bond acceptors (Lipinski definition) is 9. The summed E-state index contributed by atoms with van der Waals surface area (Å²) in [4.78, 5) is 27.2. The molecule has 11 atom stereocenters. The van der Waals surface area contributed by atoms with Crippen molar-refractivity contribution in [3.63, 3.8) is 0 Å². The summed E-state index contributed by atoms with van der Waals surface area (Å²) >= 11 is 0. The Balaban J connectivity index is 1.23. The van der Waals surface area contributed by atoms with Crippen LogP contribution in [0.25, 0.3) is 11.5 Å². The van der Waals surface area contributed by atoms with Crippen molar-refractivity contribution in [3.8, 4) is 11.5 Å². The molecule has 11 nitrogen and oxygen atoms in total. The van der Waals surface area contributed by atoms with Gasteiger partial charge < -0.3 is 24.6 Å². The lowest BCUT2D eigenvalue weighted by molar-refractivity contribution is -0.253. The van der Waals surface area contributed by atoms with Gasteiger partial charge in [-0.05, 0) is 104 Å². The quantitative estimate of drug-likeness (QED) is 0.258. The van der Waals surface area contributed by atoms with Crippen LogP contribution in [0.4, 0.5) is 0 Å². The summed E-state index contributed by atoms with van der Waals surface area (Å²) in [6.07, 6.45) is 14.8. The minimum Gasteiger partial charge on any atom is -0.481 e. The van der Waals surface area contributed by atoms with Gasteiger partial charge in [-0.2, -0.15) is 5.10 Å². The molecule has 2 saturated heterocycles. The van der Waals surface area contributed by atoms with E-state index in [0.717, 1.165) is 76.1 Å². The van der Waals surface area contributed by atoms with Gasteiger partial charge >= 0.3 is 5.97 Å². The Hall–Kier alpha value is -2.73. The third-order valence-electron chi connectivity index (χ3n) is 17.3. The number of rotatable bonds is 9. The van der Waals surface area contributed by atoms with Gasteiger partial charge in [0.05, 0.1) is 37.9 Å². The number of nitrogens with one attached hydrogen (secondary N) is 1. The lowest BCUT2D eigenvalue weighted by Crippen LogP contribution is -2.69. The lowest BCUT2D eigenvalue weighted by Gasteiger charge is -2.71. The molecule has 0 amide bonds. The standard InChI is InChI=1S/C43H64N6O5/c1-27(2)28(3)38(4)14-15-40(6)29-9-10-33-39(5)22-53-24-43(33,30(29)11-13-41(40,7)34(38)37(50)51)21-32(35(39)54-23-42(44-8)16-19-52-20-17-42)49-36(47-26-48-49)31-12-18-45-25-46-31/h11-12,18,25-29,32-35,44H,9-10,13-17,19-24H2,1-8H3,(H,50,51)/t28-,29+,32-,33+,34-,35+,38-,39+,40-,41+,43?/m1/s1. The Labute approximate surface area is 321 Å². The molecule has 2 N–H and O–H groups in total. The highest BCUT2D eigenvalue weighted by Crippen LogP contribution is 2.75. The van der Waals surface area contributed by atoms with Gasteiger partial charge in [0, 0.05) is 35.8 Å². The number of likely N-dealkylation sites (N-methyl/N-ethyl adjacent to an activating group) is 1. The molecule has 8 rings (SSSR count). The van der Waals surface area contributed by atoms with Crippen molar-refractivity contribution in [3.05, 3.63) is 36.6 Å². The second kappa shape index (κ2) is 13.4. The van der Waals surface area contributed by atoms with Gasteiger partial charge in [-0.25, -0.2) is 19.6 Å². The fourth-order valence-electron chi connectivity index (χ4n) is 13.7. The Morgan fingerprint density at radius 2 is 1.80 bits per heavy atom. The van der Waals surface area contributed by atoms with Gasteiger partial charge in [0.1, 0.15) is 18.3 Å². The molecule has 3 saturated carbocycles. The second-order valence-corrected chi connectivity index (χ2v) is 19.6. The van der Waals surface area contributed by atoms with Crippen LogP contribution in [0.3, 0.4) is 0 Å². The number of aromatic nitrogens is 5. The smallest absolute Gasteiger partial charge is 0.307 e. The predicted molar refractivity (Wildman–Crippen MR) is 205 cm³/mol. The topological polar surface area (TPSA) is 134 Å². The van der Waals surface area contributed by atoms with Gasteiger partial charge in [0.15, 0.2) is 5.82 Å². The van der Waals surface area contributed by atoms with Gasteiger partial charge in [-0.1, -0.05) is 60.1 Å². The highest BCUT2D eigenvalue weighted by atomic mass is 16.5. The van der Waals surface area contributed by atoms with Crippen molar-refractivity contribution in [2.24, 2.45) is 56.7 Å². The fourth-order valence-corrected chi connectivity index (χ4v) is 13.7. The second-order valence-electron chi connectivity index (χ2n) is 19.6. The van der Waals surface area contributed by atoms with Crippen molar-refractivity contribution in [1.29, 1.82) is 0 Å². The van der Waals surface area contributed by atoms with Crippen molar-refractivity contribution in [1.82, 2.24) is 30.0 Å². The summed E-state index contributed by atoms with van der Waals surface area (Å²) in [5.41, 5.74) is 0.753. The molecular weight excluding hydrogens is 681 g/mol. The molecule has 0 aromatic carbocycles. The highest BCUT2D eigenvalue weighted by Gasteiger charge is 2.72. The number of ether oxygens (including phenoxy) is 3. The highest BCUT2D eigenvalue weighted by molar-refractivity contribution is 5.73. The van der Waals surface area contributed by atoms with E-state index in [1.54, 1.807) is 18.9 Å². The van der Waals surface area contributed by atoms with Crippen molar-refractivity contribution in [2.75, 3.05) is 40.1 Å². The number of carboxylic acid groups (broad SMARTS) is 1. The van der Waals surface area contributed by atoms with Gasteiger partial charge in [0.2, 0.25) is 0 Å². The first-order valence-electron chi connectivity index (χ1n) is 20.7. The van der Waals surface area contributed by atoms with Crippen molar-refractivity contribution >= 4 is 5.97 Å². The van der Waals surface area contributed by atoms with E-state index < -0.39 is 11.9 Å². The number of aliphatic carboxylic acids is 1. The first kappa shape index (κ1) is 38.2. The third-order valence-corrected chi connectivity index (χ3v) is 17.3. The maximum Gasteiger partial charge on any atom is 0.307 e. The molecule has 6 aliphatic rings. The SMILES string of the molecule is CNC1(CO[C@H]2[C@H](n3ncnc3-c3ccncn3)CC34COC[C@@]2(C)[C@@H]3CC[C@H]2C4=CC[C@@]3(C)[C@H](C(=O)O)[C@@](C)([C@H](C)C(C)C)CC[C@]23C)CCOCC1. The van der Waals surface area contributed by atoms with Crippen molar-refractivity contribution in [2.45, 2.75) is 118 Å². The molecular formula is C43H64N6O5. The van der Waals surface area contributed by atoms with Crippen LogP contribution >= 0.6 is 0 Å². The lowest BCUT2D eigenvalue weighted by atomic mass is 9.34. The van der Waals surface area contributed by atoms with Crippen LogP contribution in [-0.2, 0) is 19.0 Å². The Kier molecular flexibility index (Phi) is 9.50. The number of carboxylic acids is 1. The van der Waals surface area contributed by atoms with Crippen LogP contribution in [0.1, 0.15) is 106 Å². The molecule has 2 aromatic heterocycles. The minimum absolute atomic E-state index is 0.120. The summed E-state index contributed by atoms with van der Waals surface area (Å²) in [6.45, 7) is 19.6. The maximum atomic E-state index is 13.6. The molecule has 54 heavy (non-hydrogen) atoms. The average molecular weight is 745 g/mol. The molecule has 2 aromatic rings. The zero-order valence-corrected chi connectivity index (χ0v) is 33.9. The molecule has 1 unspecified atom stereocenters. The van der Waals surface area contributed by atoms with Gasteiger partial charge in [-0.3, -0.25) is 4.79 Å². The van der Waals surface area contributed by atoms with Crippen LogP contribution in [0.5, 0.6) is 0 Å². The summed E-state index contributed by atoms with van der Waals surface area (Å²) in [5.74, 6) is 1.03. The van der Waals surface area contributed by atoms with E-state index in [1.165, 1.54) is 5.57 Å². The minimum atomic E-state index is -0.624. The monoisotopic (exact) mass is 744 g/mol. The number of carbonyl (C=O) groups is 1. The van der Waals surface area contributed by atoms with Gasteiger partial charge in [0.25, 0.3) is 0 Å².